The van der Waals surface area contributed by atoms with Crippen LogP contribution in [0.1, 0.15) is 25.7 Å². The molecule has 2 saturated heterocycles. The SMILES string of the molecule is O=C(O)[C@@H]1CCCCN1C(=O)CC1CS(=O)(=O)CCN1. The summed E-state index contributed by atoms with van der Waals surface area (Å²) in [6.45, 7) is 0.790. The molecule has 2 N–H and O–H groups in total. The van der Waals surface area contributed by atoms with Gasteiger partial charge >= 0.3 is 5.97 Å². The Balaban J connectivity index is 1.98. The highest BCUT2D eigenvalue weighted by Crippen LogP contribution is 2.19. The van der Waals surface area contributed by atoms with Crippen LogP contribution in [-0.4, -0.2) is 67.0 Å². The van der Waals surface area contributed by atoms with Gasteiger partial charge in [-0.2, -0.15) is 0 Å². The number of amides is 1. The highest BCUT2D eigenvalue weighted by molar-refractivity contribution is 7.91. The van der Waals surface area contributed by atoms with E-state index < -0.39 is 27.9 Å². The van der Waals surface area contributed by atoms with Crippen molar-refractivity contribution in [3.05, 3.63) is 0 Å². The van der Waals surface area contributed by atoms with Gasteiger partial charge in [-0.25, -0.2) is 13.2 Å². The van der Waals surface area contributed by atoms with Crippen LogP contribution in [0.5, 0.6) is 0 Å². The summed E-state index contributed by atoms with van der Waals surface area (Å²) >= 11 is 0. The minimum atomic E-state index is -3.09. The lowest BCUT2D eigenvalue weighted by molar-refractivity contribution is -0.152. The molecule has 0 spiro atoms. The first-order chi connectivity index (χ1) is 9.39. The lowest BCUT2D eigenvalue weighted by atomic mass is 10.0. The van der Waals surface area contributed by atoms with Crippen molar-refractivity contribution in [3.63, 3.8) is 0 Å². The average Bonchev–Trinajstić information content (AvgIpc) is 2.37. The smallest absolute Gasteiger partial charge is 0.326 e. The van der Waals surface area contributed by atoms with E-state index in [1.807, 2.05) is 0 Å². The van der Waals surface area contributed by atoms with Gasteiger partial charge in [0.15, 0.2) is 9.84 Å². The lowest BCUT2D eigenvalue weighted by Crippen LogP contribution is -2.52. The first-order valence-corrected chi connectivity index (χ1v) is 8.67. The molecular weight excluding hydrogens is 284 g/mol. The molecule has 0 aromatic rings. The van der Waals surface area contributed by atoms with Gasteiger partial charge in [-0.3, -0.25) is 4.79 Å². The molecule has 2 rings (SSSR count). The number of hydrogen-bond acceptors (Lipinski definition) is 5. The zero-order valence-corrected chi connectivity index (χ0v) is 12.1. The van der Waals surface area contributed by atoms with Crippen LogP contribution >= 0.6 is 0 Å². The number of nitrogens with zero attached hydrogens (tertiary/aromatic N) is 1. The summed E-state index contributed by atoms with van der Waals surface area (Å²) in [5.41, 5.74) is 0. The summed E-state index contributed by atoms with van der Waals surface area (Å²) < 4.78 is 23.1. The summed E-state index contributed by atoms with van der Waals surface area (Å²) in [6.07, 6.45) is 2.11. The zero-order chi connectivity index (χ0) is 14.8. The fourth-order valence-corrected chi connectivity index (χ4v) is 4.26. The number of carbonyl (C=O) groups is 2. The maximum atomic E-state index is 12.2. The van der Waals surface area contributed by atoms with Gasteiger partial charge in [0.2, 0.25) is 5.91 Å². The number of rotatable bonds is 3. The molecule has 8 heteroatoms. The third kappa shape index (κ3) is 3.69. The van der Waals surface area contributed by atoms with Crippen LogP contribution < -0.4 is 5.32 Å². The van der Waals surface area contributed by atoms with Gasteiger partial charge < -0.3 is 15.3 Å². The molecule has 0 aliphatic carbocycles. The molecule has 2 aliphatic rings. The summed E-state index contributed by atoms with van der Waals surface area (Å²) in [5, 5.41) is 12.2. The predicted octanol–water partition coefficient (Wildman–Crippen LogP) is -0.771. The first-order valence-electron chi connectivity index (χ1n) is 6.85. The van der Waals surface area contributed by atoms with Gasteiger partial charge in [0, 0.05) is 25.6 Å². The summed E-state index contributed by atoms with van der Waals surface area (Å²) in [4.78, 5) is 24.8. The molecule has 0 bridgehead atoms. The maximum Gasteiger partial charge on any atom is 0.326 e. The van der Waals surface area contributed by atoms with E-state index in [9.17, 15) is 18.0 Å². The van der Waals surface area contributed by atoms with Crippen LogP contribution in [0, 0.1) is 0 Å². The number of sulfone groups is 1. The van der Waals surface area contributed by atoms with Crippen LogP contribution in [-0.2, 0) is 19.4 Å². The van der Waals surface area contributed by atoms with E-state index >= 15 is 0 Å². The van der Waals surface area contributed by atoms with Gasteiger partial charge in [-0.15, -0.1) is 0 Å². The molecule has 2 heterocycles. The molecule has 0 aromatic carbocycles. The monoisotopic (exact) mass is 304 g/mol. The Bertz CT molecular complexity index is 490. The standard InChI is InChI=1S/C12H20N2O5S/c15-11(7-9-8-20(18,19)6-4-13-9)14-5-2-1-3-10(14)12(16)17/h9-10,13H,1-8H2,(H,16,17)/t9?,10-/m0/s1. The van der Waals surface area contributed by atoms with E-state index in [0.29, 0.717) is 19.5 Å². The van der Waals surface area contributed by atoms with Crippen molar-refractivity contribution in [2.75, 3.05) is 24.6 Å². The topological polar surface area (TPSA) is 104 Å². The minimum absolute atomic E-state index is 0.0447. The van der Waals surface area contributed by atoms with Crippen LogP contribution in [0.2, 0.25) is 0 Å². The van der Waals surface area contributed by atoms with Gasteiger partial charge in [0.05, 0.1) is 11.5 Å². The predicted molar refractivity (Wildman–Crippen MR) is 72.0 cm³/mol. The minimum Gasteiger partial charge on any atom is -0.480 e. The molecule has 1 unspecified atom stereocenters. The summed E-state index contributed by atoms with van der Waals surface area (Å²) in [5.74, 6) is -1.21. The van der Waals surface area contributed by atoms with E-state index in [2.05, 4.69) is 5.32 Å². The van der Waals surface area contributed by atoms with Gasteiger partial charge in [0.25, 0.3) is 0 Å². The molecule has 20 heavy (non-hydrogen) atoms. The quantitative estimate of drug-likeness (QED) is 0.709. The van der Waals surface area contributed by atoms with E-state index in [1.165, 1.54) is 4.90 Å². The van der Waals surface area contributed by atoms with Gasteiger partial charge in [0.1, 0.15) is 6.04 Å². The van der Waals surface area contributed by atoms with E-state index in [0.717, 1.165) is 12.8 Å². The number of nitrogens with one attached hydrogen (secondary N) is 1. The van der Waals surface area contributed by atoms with E-state index in [1.54, 1.807) is 0 Å². The van der Waals surface area contributed by atoms with Crippen LogP contribution in [0.3, 0.4) is 0 Å². The van der Waals surface area contributed by atoms with Crippen molar-refractivity contribution < 1.29 is 23.1 Å². The molecule has 0 aromatic heterocycles. The molecule has 2 fully saturated rings. The second kappa shape index (κ2) is 6.09. The molecule has 1 amide bonds. The highest BCUT2D eigenvalue weighted by Gasteiger charge is 2.34. The van der Waals surface area contributed by atoms with Crippen molar-refractivity contribution in [1.29, 1.82) is 0 Å². The molecule has 0 saturated carbocycles. The van der Waals surface area contributed by atoms with Crippen molar-refractivity contribution in [3.8, 4) is 0 Å². The number of hydrogen-bond donors (Lipinski definition) is 2. The summed E-state index contributed by atoms with van der Waals surface area (Å²) in [7, 11) is -3.09. The van der Waals surface area contributed by atoms with Crippen LogP contribution in [0.4, 0.5) is 0 Å². The van der Waals surface area contributed by atoms with Gasteiger partial charge in [-0.1, -0.05) is 0 Å². The number of aliphatic carboxylic acids is 1. The van der Waals surface area contributed by atoms with Crippen molar-refractivity contribution >= 4 is 21.7 Å². The van der Waals surface area contributed by atoms with Crippen molar-refractivity contribution in [2.45, 2.75) is 37.8 Å². The Morgan fingerprint density at radius 2 is 2.05 bits per heavy atom. The Hall–Kier alpha value is -1.15. The third-order valence-corrected chi connectivity index (χ3v) is 5.57. The Morgan fingerprint density at radius 1 is 1.30 bits per heavy atom. The Labute approximate surface area is 118 Å². The average molecular weight is 304 g/mol. The van der Waals surface area contributed by atoms with Crippen molar-refractivity contribution in [1.82, 2.24) is 10.2 Å². The third-order valence-electron chi connectivity index (χ3n) is 3.83. The fraction of sp³-hybridized carbons (Fsp3) is 0.833. The highest BCUT2D eigenvalue weighted by atomic mass is 32.2. The number of carboxylic acid groups (broad SMARTS) is 1. The summed E-state index contributed by atoms with van der Waals surface area (Å²) in [6, 6.07) is -1.17. The second-order valence-corrected chi connectivity index (χ2v) is 7.64. The van der Waals surface area contributed by atoms with E-state index in [-0.39, 0.29) is 23.8 Å². The fourth-order valence-electron chi connectivity index (χ4n) is 2.81. The molecule has 7 nitrogen and oxygen atoms in total. The number of carboxylic acids is 1. The van der Waals surface area contributed by atoms with Crippen molar-refractivity contribution in [2.24, 2.45) is 0 Å². The number of piperidine rings is 1. The molecular formula is C12H20N2O5S. The number of likely N-dealkylation sites (tertiary alicyclic amines) is 1. The molecule has 0 radical (unpaired) electrons. The van der Waals surface area contributed by atoms with Gasteiger partial charge in [-0.05, 0) is 19.3 Å². The normalized spacial score (nSPS) is 29.9. The second-order valence-electron chi connectivity index (χ2n) is 5.41. The maximum absolute atomic E-state index is 12.2. The zero-order valence-electron chi connectivity index (χ0n) is 11.2. The Morgan fingerprint density at radius 3 is 2.70 bits per heavy atom. The van der Waals surface area contributed by atoms with Crippen LogP contribution in [0.15, 0.2) is 0 Å². The molecule has 2 atom stereocenters. The number of carbonyl (C=O) groups excluding carboxylic acids is 1. The Kier molecular flexibility index (Phi) is 4.64. The van der Waals surface area contributed by atoms with Crippen LogP contribution in [0.25, 0.3) is 0 Å². The first kappa shape index (κ1) is 15.2. The molecule has 114 valence electrons. The lowest BCUT2D eigenvalue weighted by Gasteiger charge is -2.34. The largest absolute Gasteiger partial charge is 0.480 e. The van der Waals surface area contributed by atoms with E-state index in [4.69, 9.17) is 5.11 Å². The molecule has 2 aliphatic heterocycles.